The third-order valence-corrected chi connectivity index (χ3v) is 6.79. The summed E-state index contributed by atoms with van der Waals surface area (Å²) in [6, 6.07) is 19.0. The lowest BCUT2D eigenvalue weighted by molar-refractivity contribution is 0.355. The molecule has 0 spiro atoms. The van der Waals surface area contributed by atoms with E-state index in [-0.39, 0.29) is 5.56 Å². The number of pyridine rings is 1. The van der Waals surface area contributed by atoms with E-state index in [1.165, 1.54) is 15.9 Å². The number of thiazole rings is 1. The first kappa shape index (κ1) is 22.6. The van der Waals surface area contributed by atoms with Crippen LogP contribution < -0.4 is 19.6 Å². The highest BCUT2D eigenvalue weighted by Crippen LogP contribution is 2.33. The van der Waals surface area contributed by atoms with Crippen molar-refractivity contribution < 1.29 is 9.47 Å². The van der Waals surface area contributed by atoms with Crippen LogP contribution in [0.4, 0.5) is 0 Å². The Balaban J connectivity index is 1.50. The monoisotopic (exact) mass is 508 g/mol. The van der Waals surface area contributed by atoms with E-state index in [2.05, 4.69) is 15.1 Å². The second-order valence-electron chi connectivity index (χ2n) is 8.06. The summed E-state index contributed by atoms with van der Waals surface area (Å²) in [6.07, 6.45) is 7.07. The van der Waals surface area contributed by atoms with Crippen molar-refractivity contribution in [3.8, 4) is 39.8 Å². The molecule has 37 heavy (non-hydrogen) atoms. The van der Waals surface area contributed by atoms with Crippen LogP contribution in [0.5, 0.6) is 11.5 Å². The molecule has 0 aliphatic rings. The smallest absolute Gasteiger partial charge is 0.291 e. The Labute approximate surface area is 214 Å². The van der Waals surface area contributed by atoms with Crippen molar-refractivity contribution in [3.05, 3.63) is 99.7 Å². The molecule has 0 N–H and O–H groups in total. The van der Waals surface area contributed by atoms with Gasteiger partial charge in [0, 0.05) is 35.3 Å². The van der Waals surface area contributed by atoms with Crippen LogP contribution in [0.25, 0.3) is 39.4 Å². The molecule has 0 radical (unpaired) electrons. The Morgan fingerprint density at radius 1 is 0.892 bits per heavy atom. The number of aromatic nitrogens is 6. The molecule has 0 amide bonds. The van der Waals surface area contributed by atoms with Gasteiger partial charge in [-0.05, 0) is 48.5 Å². The molecule has 0 unspecified atom stereocenters. The standard InChI is InChI=1S/C27H20N6O3S/c1-35-21-9-8-18(14-22(21)36-2)24-19(16-32(30-24)20-6-4-3-5-7-20)15-23-26(34)33-27(37-23)29-25(31-33)17-10-12-28-13-11-17/h3-16H,1-2H3. The number of benzene rings is 2. The Morgan fingerprint density at radius 2 is 1.68 bits per heavy atom. The van der Waals surface area contributed by atoms with Crippen LogP contribution in [-0.4, -0.2) is 43.6 Å². The molecule has 0 aliphatic heterocycles. The van der Waals surface area contributed by atoms with Gasteiger partial charge < -0.3 is 9.47 Å². The number of hydrogen-bond acceptors (Lipinski definition) is 8. The van der Waals surface area contributed by atoms with Gasteiger partial charge in [-0.3, -0.25) is 9.78 Å². The first-order valence-corrected chi connectivity index (χ1v) is 12.2. The quantitative estimate of drug-likeness (QED) is 0.339. The topological polar surface area (TPSA) is 96.4 Å². The van der Waals surface area contributed by atoms with Crippen molar-refractivity contribution >= 4 is 22.4 Å². The second-order valence-corrected chi connectivity index (χ2v) is 9.07. The van der Waals surface area contributed by atoms with Crippen molar-refractivity contribution in [2.24, 2.45) is 0 Å². The van der Waals surface area contributed by atoms with Crippen LogP contribution in [-0.2, 0) is 0 Å². The summed E-state index contributed by atoms with van der Waals surface area (Å²) in [5.74, 6) is 1.70. The molecule has 9 nitrogen and oxygen atoms in total. The minimum Gasteiger partial charge on any atom is -0.493 e. The summed E-state index contributed by atoms with van der Waals surface area (Å²) in [5.41, 5.74) is 3.75. The molecular formula is C27H20N6O3S. The number of ether oxygens (including phenoxy) is 2. The number of hydrogen-bond donors (Lipinski definition) is 0. The fourth-order valence-electron chi connectivity index (χ4n) is 4.01. The zero-order valence-corrected chi connectivity index (χ0v) is 20.7. The number of rotatable bonds is 6. The van der Waals surface area contributed by atoms with Gasteiger partial charge in [0.2, 0.25) is 4.96 Å². The van der Waals surface area contributed by atoms with E-state index in [1.807, 2.05) is 72.9 Å². The van der Waals surface area contributed by atoms with E-state index < -0.39 is 0 Å². The molecule has 0 atom stereocenters. The molecule has 10 heteroatoms. The first-order valence-electron chi connectivity index (χ1n) is 11.3. The lowest BCUT2D eigenvalue weighted by atomic mass is 10.1. The van der Waals surface area contributed by atoms with Crippen molar-refractivity contribution in [2.75, 3.05) is 14.2 Å². The molecule has 0 fully saturated rings. The summed E-state index contributed by atoms with van der Waals surface area (Å²) >= 11 is 1.28. The van der Waals surface area contributed by atoms with Gasteiger partial charge in [-0.1, -0.05) is 29.5 Å². The van der Waals surface area contributed by atoms with Gasteiger partial charge in [-0.2, -0.15) is 14.6 Å². The molecule has 0 aliphatic carbocycles. The highest BCUT2D eigenvalue weighted by atomic mass is 32.1. The van der Waals surface area contributed by atoms with Crippen LogP contribution in [0, 0.1) is 0 Å². The van der Waals surface area contributed by atoms with E-state index in [1.54, 1.807) is 31.3 Å². The van der Waals surface area contributed by atoms with Gasteiger partial charge in [0.25, 0.3) is 5.56 Å². The van der Waals surface area contributed by atoms with Gasteiger partial charge >= 0.3 is 0 Å². The Morgan fingerprint density at radius 3 is 2.41 bits per heavy atom. The molecule has 182 valence electrons. The van der Waals surface area contributed by atoms with Gasteiger partial charge in [0.05, 0.1) is 24.4 Å². The fourth-order valence-corrected chi connectivity index (χ4v) is 4.91. The van der Waals surface area contributed by atoms with Crippen molar-refractivity contribution in [3.63, 3.8) is 0 Å². The lowest BCUT2D eigenvalue weighted by Crippen LogP contribution is -2.23. The van der Waals surface area contributed by atoms with Crippen LogP contribution in [0.15, 0.2) is 84.0 Å². The van der Waals surface area contributed by atoms with E-state index in [0.29, 0.717) is 32.5 Å². The maximum atomic E-state index is 13.2. The van der Waals surface area contributed by atoms with Crippen molar-refractivity contribution in [2.45, 2.75) is 0 Å². The number of para-hydroxylation sites is 1. The van der Waals surface area contributed by atoms with E-state index >= 15 is 0 Å². The Bertz CT molecular complexity index is 1830. The van der Waals surface area contributed by atoms with Crippen LogP contribution in [0.2, 0.25) is 0 Å². The summed E-state index contributed by atoms with van der Waals surface area (Å²) in [4.78, 5) is 22.3. The summed E-state index contributed by atoms with van der Waals surface area (Å²) < 4.78 is 14.5. The zero-order valence-electron chi connectivity index (χ0n) is 19.9. The number of fused-ring (bicyclic) bond motifs is 1. The predicted octanol–water partition coefficient (Wildman–Crippen LogP) is 3.63. The maximum Gasteiger partial charge on any atom is 0.291 e. The Hall–Kier alpha value is -4.83. The zero-order chi connectivity index (χ0) is 25.4. The van der Waals surface area contributed by atoms with Gasteiger partial charge in [0.1, 0.15) is 5.69 Å². The average Bonchev–Trinajstić information content (AvgIpc) is 3.64. The number of methoxy groups -OCH3 is 2. The molecule has 4 heterocycles. The second kappa shape index (κ2) is 9.32. The Kier molecular flexibility index (Phi) is 5.70. The van der Waals surface area contributed by atoms with Crippen LogP contribution in [0.3, 0.4) is 0 Å². The first-order chi connectivity index (χ1) is 18.1. The highest BCUT2D eigenvalue weighted by molar-refractivity contribution is 7.15. The third-order valence-electron chi connectivity index (χ3n) is 5.83. The molecule has 4 aromatic heterocycles. The minimum absolute atomic E-state index is 0.237. The largest absolute Gasteiger partial charge is 0.493 e. The van der Waals surface area contributed by atoms with E-state index in [4.69, 9.17) is 14.6 Å². The molecule has 0 saturated carbocycles. The van der Waals surface area contributed by atoms with Crippen LogP contribution in [0.1, 0.15) is 5.56 Å². The van der Waals surface area contributed by atoms with Crippen LogP contribution >= 0.6 is 11.3 Å². The normalized spacial score (nSPS) is 11.8. The molecule has 6 rings (SSSR count). The highest BCUT2D eigenvalue weighted by Gasteiger charge is 2.16. The lowest BCUT2D eigenvalue weighted by Gasteiger charge is -2.09. The van der Waals surface area contributed by atoms with E-state index in [9.17, 15) is 4.79 Å². The van der Waals surface area contributed by atoms with E-state index in [0.717, 1.165) is 22.4 Å². The average molecular weight is 509 g/mol. The fraction of sp³-hybridized carbons (Fsp3) is 0.0741. The molecule has 0 bridgehead atoms. The number of nitrogens with zero attached hydrogens (tertiary/aromatic N) is 6. The molecular weight excluding hydrogens is 488 g/mol. The summed E-state index contributed by atoms with van der Waals surface area (Å²) in [7, 11) is 3.19. The van der Waals surface area contributed by atoms with Gasteiger partial charge in [-0.15, -0.1) is 5.10 Å². The summed E-state index contributed by atoms with van der Waals surface area (Å²) in [5, 5.41) is 9.27. The molecule has 0 saturated heterocycles. The predicted molar refractivity (Wildman–Crippen MR) is 141 cm³/mol. The third kappa shape index (κ3) is 4.13. The van der Waals surface area contributed by atoms with Crippen molar-refractivity contribution in [1.29, 1.82) is 0 Å². The minimum atomic E-state index is -0.237. The van der Waals surface area contributed by atoms with Crippen molar-refractivity contribution in [1.82, 2.24) is 29.4 Å². The SMILES string of the molecule is COc1ccc(-c2nn(-c3ccccc3)cc2C=c2sc3nc(-c4ccncc4)nn3c2=O)cc1OC. The maximum absolute atomic E-state index is 13.2. The van der Waals surface area contributed by atoms with Gasteiger partial charge in [-0.25, -0.2) is 4.68 Å². The molecule has 2 aromatic carbocycles. The van der Waals surface area contributed by atoms with Gasteiger partial charge in [0.15, 0.2) is 17.3 Å². The summed E-state index contributed by atoms with van der Waals surface area (Å²) in [6.45, 7) is 0. The molecule has 6 aromatic rings.